The summed E-state index contributed by atoms with van der Waals surface area (Å²) < 4.78 is 27.1. The molecule has 1 aliphatic rings. The Bertz CT molecular complexity index is 482. The van der Waals surface area contributed by atoms with Gasteiger partial charge in [0, 0.05) is 12.0 Å². The van der Waals surface area contributed by atoms with E-state index in [0.717, 1.165) is 31.7 Å². The van der Waals surface area contributed by atoms with Crippen molar-refractivity contribution in [1.82, 2.24) is 4.90 Å². The van der Waals surface area contributed by atoms with Crippen LogP contribution in [0.2, 0.25) is 0 Å². The fourth-order valence-electron chi connectivity index (χ4n) is 3.44. The first-order chi connectivity index (χ1) is 9.86. The van der Waals surface area contributed by atoms with Crippen molar-refractivity contribution >= 4 is 0 Å². The summed E-state index contributed by atoms with van der Waals surface area (Å²) in [5, 5.41) is 10.7. The Morgan fingerprint density at radius 1 is 1.29 bits per heavy atom. The lowest BCUT2D eigenvalue weighted by Crippen LogP contribution is -2.56. The number of likely N-dealkylation sites (N-methyl/N-ethyl adjacent to an activating group) is 1. The molecule has 2 nitrogen and oxygen atoms in total. The molecule has 0 bridgehead atoms. The second-order valence-electron chi connectivity index (χ2n) is 6.61. The third kappa shape index (κ3) is 3.27. The van der Waals surface area contributed by atoms with E-state index in [-0.39, 0.29) is 17.5 Å². The zero-order chi connectivity index (χ0) is 15.6. The predicted octanol–water partition coefficient (Wildman–Crippen LogP) is 3.38. The van der Waals surface area contributed by atoms with Crippen LogP contribution in [-0.4, -0.2) is 35.7 Å². The maximum Gasteiger partial charge on any atom is 0.162 e. The molecule has 21 heavy (non-hydrogen) atoms. The molecule has 0 amide bonds. The summed E-state index contributed by atoms with van der Waals surface area (Å²) in [6.07, 6.45) is 3.34. The molecule has 1 N–H and O–H groups in total. The zero-order valence-corrected chi connectivity index (χ0v) is 13.1. The fourth-order valence-corrected chi connectivity index (χ4v) is 3.44. The molecule has 1 aromatic rings. The standard InChI is InChI=1S/C17H25F2NO/c1-12-7-9-17(10-8-12,20(2)3)15(21)11-13-5-4-6-14(18)16(13)19/h4-6,12,15,21H,7-11H2,1-3H3. The largest absolute Gasteiger partial charge is 0.391 e. The average molecular weight is 297 g/mol. The van der Waals surface area contributed by atoms with E-state index < -0.39 is 17.7 Å². The summed E-state index contributed by atoms with van der Waals surface area (Å²) in [6, 6.07) is 4.15. The third-order valence-electron chi connectivity index (χ3n) is 5.10. The summed E-state index contributed by atoms with van der Waals surface area (Å²) >= 11 is 0. The maximum atomic E-state index is 13.8. The summed E-state index contributed by atoms with van der Waals surface area (Å²) in [7, 11) is 3.92. The number of aliphatic hydroxyl groups is 1. The first-order valence-electron chi connectivity index (χ1n) is 7.65. The lowest BCUT2D eigenvalue weighted by molar-refractivity contribution is -0.0386. The van der Waals surface area contributed by atoms with E-state index in [1.165, 1.54) is 6.07 Å². The Balaban J connectivity index is 2.20. The third-order valence-corrected chi connectivity index (χ3v) is 5.10. The van der Waals surface area contributed by atoms with E-state index in [2.05, 4.69) is 11.8 Å². The highest BCUT2D eigenvalue weighted by molar-refractivity contribution is 5.21. The van der Waals surface area contributed by atoms with E-state index in [1.54, 1.807) is 6.07 Å². The van der Waals surface area contributed by atoms with Gasteiger partial charge in [-0.05, 0) is 57.3 Å². The highest BCUT2D eigenvalue weighted by Gasteiger charge is 2.42. The Morgan fingerprint density at radius 3 is 2.48 bits per heavy atom. The zero-order valence-electron chi connectivity index (χ0n) is 13.1. The van der Waals surface area contributed by atoms with Crippen LogP contribution in [0, 0.1) is 17.6 Å². The number of nitrogens with zero attached hydrogens (tertiary/aromatic N) is 1. The van der Waals surface area contributed by atoms with Crippen LogP contribution >= 0.6 is 0 Å². The van der Waals surface area contributed by atoms with Gasteiger partial charge in [-0.3, -0.25) is 0 Å². The molecule has 1 unspecified atom stereocenters. The Labute approximate surface area is 125 Å². The highest BCUT2D eigenvalue weighted by Crippen LogP contribution is 2.38. The molecule has 0 radical (unpaired) electrons. The molecule has 0 aromatic heterocycles. The minimum atomic E-state index is -0.851. The summed E-state index contributed by atoms with van der Waals surface area (Å²) in [4.78, 5) is 2.06. The van der Waals surface area contributed by atoms with Gasteiger partial charge in [-0.25, -0.2) is 8.78 Å². The monoisotopic (exact) mass is 297 g/mol. The van der Waals surface area contributed by atoms with Gasteiger partial charge in [0.2, 0.25) is 0 Å². The lowest BCUT2D eigenvalue weighted by atomic mass is 9.72. The van der Waals surface area contributed by atoms with Crippen molar-refractivity contribution in [1.29, 1.82) is 0 Å². The van der Waals surface area contributed by atoms with Crippen molar-refractivity contribution in [2.75, 3.05) is 14.1 Å². The molecular weight excluding hydrogens is 272 g/mol. The van der Waals surface area contributed by atoms with Crippen LogP contribution < -0.4 is 0 Å². The minimum Gasteiger partial charge on any atom is -0.391 e. The molecule has 1 atom stereocenters. The normalized spacial score (nSPS) is 27.9. The predicted molar refractivity (Wildman–Crippen MR) is 80.1 cm³/mol. The first kappa shape index (κ1) is 16.4. The van der Waals surface area contributed by atoms with E-state index in [1.807, 2.05) is 14.1 Å². The van der Waals surface area contributed by atoms with Crippen molar-refractivity contribution in [2.24, 2.45) is 5.92 Å². The number of benzene rings is 1. The van der Waals surface area contributed by atoms with Gasteiger partial charge in [-0.2, -0.15) is 0 Å². The first-order valence-corrected chi connectivity index (χ1v) is 7.65. The van der Waals surface area contributed by atoms with Crippen molar-refractivity contribution in [3.8, 4) is 0 Å². The lowest BCUT2D eigenvalue weighted by Gasteiger charge is -2.47. The number of rotatable bonds is 4. The van der Waals surface area contributed by atoms with E-state index >= 15 is 0 Å². The van der Waals surface area contributed by atoms with Gasteiger partial charge < -0.3 is 10.0 Å². The van der Waals surface area contributed by atoms with Gasteiger partial charge in [-0.15, -0.1) is 0 Å². The van der Waals surface area contributed by atoms with E-state index in [4.69, 9.17) is 0 Å². The molecule has 118 valence electrons. The summed E-state index contributed by atoms with van der Waals surface area (Å²) in [5.41, 5.74) is -0.0898. The Hall–Kier alpha value is -1.00. The van der Waals surface area contributed by atoms with Crippen LogP contribution in [-0.2, 0) is 6.42 Å². The van der Waals surface area contributed by atoms with Crippen molar-refractivity contribution < 1.29 is 13.9 Å². The average Bonchev–Trinajstić information content (AvgIpc) is 2.44. The number of hydrogen-bond donors (Lipinski definition) is 1. The van der Waals surface area contributed by atoms with Gasteiger partial charge in [0.05, 0.1) is 6.10 Å². The molecule has 1 saturated carbocycles. The van der Waals surface area contributed by atoms with Crippen molar-refractivity contribution in [3.05, 3.63) is 35.4 Å². The quantitative estimate of drug-likeness (QED) is 0.921. The fraction of sp³-hybridized carbons (Fsp3) is 0.647. The topological polar surface area (TPSA) is 23.5 Å². The summed E-state index contributed by atoms with van der Waals surface area (Å²) in [5.74, 6) is -1.03. The molecule has 0 aliphatic heterocycles. The maximum absolute atomic E-state index is 13.8. The van der Waals surface area contributed by atoms with Crippen LogP contribution in [0.1, 0.15) is 38.2 Å². The van der Waals surface area contributed by atoms with E-state index in [9.17, 15) is 13.9 Å². The molecule has 1 aromatic carbocycles. The van der Waals surface area contributed by atoms with Gasteiger partial charge in [0.25, 0.3) is 0 Å². The van der Waals surface area contributed by atoms with Crippen LogP contribution in [0.3, 0.4) is 0 Å². The van der Waals surface area contributed by atoms with Gasteiger partial charge in [0.15, 0.2) is 11.6 Å². The van der Waals surface area contributed by atoms with Gasteiger partial charge in [0.1, 0.15) is 0 Å². The highest BCUT2D eigenvalue weighted by atomic mass is 19.2. The Morgan fingerprint density at radius 2 is 1.90 bits per heavy atom. The van der Waals surface area contributed by atoms with Crippen LogP contribution in [0.4, 0.5) is 8.78 Å². The smallest absolute Gasteiger partial charge is 0.162 e. The van der Waals surface area contributed by atoms with Gasteiger partial charge in [-0.1, -0.05) is 19.1 Å². The second kappa shape index (κ2) is 6.41. The molecule has 0 saturated heterocycles. The van der Waals surface area contributed by atoms with E-state index in [0.29, 0.717) is 5.92 Å². The molecule has 0 heterocycles. The molecule has 1 fully saturated rings. The summed E-state index contributed by atoms with van der Waals surface area (Å²) in [6.45, 7) is 2.22. The van der Waals surface area contributed by atoms with Crippen LogP contribution in [0.25, 0.3) is 0 Å². The minimum absolute atomic E-state index is 0.149. The number of aliphatic hydroxyl groups excluding tert-OH is 1. The Kier molecular flexibility index (Phi) is 4.99. The SMILES string of the molecule is CC1CCC(C(O)Cc2cccc(F)c2F)(N(C)C)CC1. The number of hydrogen-bond acceptors (Lipinski definition) is 2. The van der Waals surface area contributed by atoms with Crippen molar-refractivity contribution in [2.45, 2.75) is 50.7 Å². The van der Waals surface area contributed by atoms with Crippen molar-refractivity contribution in [3.63, 3.8) is 0 Å². The second-order valence-corrected chi connectivity index (χ2v) is 6.61. The molecular formula is C17H25F2NO. The number of halogens is 2. The van der Waals surface area contributed by atoms with Gasteiger partial charge >= 0.3 is 0 Å². The van der Waals surface area contributed by atoms with Crippen LogP contribution in [0.5, 0.6) is 0 Å². The molecule has 0 spiro atoms. The molecule has 1 aliphatic carbocycles. The molecule has 2 rings (SSSR count). The molecule has 4 heteroatoms. The van der Waals surface area contributed by atoms with Crippen LogP contribution in [0.15, 0.2) is 18.2 Å².